The predicted molar refractivity (Wildman–Crippen MR) is 103 cm³/mol. The summed E-state index contributed by atoms with van der Waals surface area (Å²) < 4.78 is 18.6. The van der Waals surface area contributed by atoms with Crippen LogP contribution < -0.4 is 9.64 Å². The van der Waals surface area contributed by atoms with E-state index in [1.54, 1.807) is 35.2 Å². The number of methoxy groups -OCH3 is 1. The highest BCUT2D eigenvalue weighted by Gasteiger charge is 2.25. The van der Waals surface area contributed by atoms with Gasteiger partial charge < -0.3 is 14.5 Å². The Balaban J connectivity index is 1.54. The van der Waals surface area contributed by atoms with Gasteiger partial charge in [-0.2, -0.15) is 0 Å². The summed E-state index contributed by atoms with van der Waals surface area (Å²) in [4.78, 5) is 27.0. The third kappa shape index (κ3) is 4.39. The molecule has 1 fully saturated rings. The molecule has 1 amide bonds. The number of nitro groups is 1. The lowest BCUT2D eigenvalue weighted by atomic mass is 10.1. The average Bonchev–Trinajstić information content (AvgIpc) is 2.72. The molecule has 7 nitrogen and oxygen atoms in total. The highest BCUT2D eigenvalue weighted by molar-refractivity contribution is 5.77. The molecule has 2 aromatic rings. The van der Waals surface area contributed by atoms with Gasteiger partial charge in [-0.15, -0.1) is 0 Å². The zero-order chi connectivity index (χ0) is 20.1. The Hall–Kier alpha value is -3.16. The van der Waals surface area contributed by atoms with Gasteiger partial charge in [-0.25, -0.2) is 4.39 Å². The standard InChI is InChI=1S/C20H22FN3O4/c1-28-19-8-6-15(14-16(19)21)7-9-20(25)23-12-10-22(11-13-23)17-4-2-3-5-18(17)24(26)27/h2-6,8,14H,7,9-13H2,1H3. The minimum Gasteiger partial charge on any atom is -0.494 e. The first-order valence-electron chi connectivity index (χ1n) is 9.08. The number of amides is 1. The maximum absolute atomic E-state index is 13.7. The van der Waals surface area contributed by atoms with Gasteiger partial charge in [0.25, 0.3) is 5.69 Å². The Labute approximate surface area is 162 Å². The van der Waals surface area contributed by atoms with Crippen molar-refractivity contribution in [2.24, 2.45) is 0 Å². The van der Waals surface area contributed by atoms with Gasteiger partial charge in [0.05, 0.1) is 12.0 Å². The molecule has 1 saturated heterocycles. The van der Waals surface area contributed by atoms with Crippen molar-refractivity contribution < 1.29 is 18.8 Å². The quantitative estimate of drug-likeness (QED) is 0.563. The molecular weight excluding hydrogens is 365 g/mol. The third-order valence-electron chi connectivity index (χ3n) is 4.90. The maximum Gasteiger partial charge on any atom is 0.292 e. The smallest absolute Gasteiger partial charge is 0.292 e. The summed E-state index contributed by atoms with van der Waals surface area (Å²) >= 11 is 0. The number of ether oxygens (including phenoxy) is 1. The van der Waals surface area contributed by atoms with Crippen molar-refractivity contribution in [1.29, 1.82) is 0 Å². The van der Waals surface area contributed by atoms with Crippen molar-refractivity contribution in [3.63, 3.8) is 0 Å². The number of anilines is 1. The van der Waals surface area contributed by atoms with E-state index in [1.807, 2.05) is 4.90 Å². The highest BCUT2D eigenvalue weighted by atomic mass is 19.1. The summed E-state index contributed by atoms with van der Waals surface area (Å²) in [6.45, 7) is 2.07. The summed E-state index contributed by atoms with van der Waals surface area (Å²) in [5.74, 6) is -0.259. The molecule has 0 atom stereocenters. The van der Waals surface area contributed by atoms with Crippen molar-refractivity contribution in [2.75, 3.05) is 38.2 Å². The fourth-order valence-corrected chi connectivity index (χ4v) is 3.36. The van der Waals surface area contributed by atoms with Crippen LogP contribution in [0, 0.1) is 15.9 Å². The Morgan fingerprint density at radius 3 is 2.54 bits per heavy atom. The van der Waals surface area contributed by atoms with E-state index >= 15 is 0 Å². The van der Waals surface area contributed by atoms with Crippen LogP contribution in [-0.2, 0) is 11.2 Å². The van der Waals surface area contributed by atoms with Gasteiger partial charge in [0.15, 0.2) is 11.6 Å². The minimum atomic E-state index is -0.439. The van der Waals surface area contributed by atoms with Gasteiger partial charge in [0, 0.05) is 38.7 Å². The van der Waals surface area contributed by atoms with Gasteiger partial charge in [-0.1, -0.05) is 18.2 Å². The van der Waals surface area contributed by atoms with E-state index < -0.39 is 5.82 Å². The van der Waals surface area contributed by atoms with Gasteiger partial charge in [0.2, 0.25) is 5.91 Å². The Bertz CT molecular complexity index is 866. The van der Waals surface area contributed by atoms with Crippen molar-refractivity contribution in [3.8, 4) is 5.75 Å². The number of rotatable bonds is 6. The lowest BCUT2D eigenvalue weighted by Crippen LogP contribution is -2.49. The fourth-order valence-electron chi connectivity index (χ4n) is 3.36. The molecule has 1 aliphatic heterocycles. The van der Waals surface area contributed by atoms with E-state index in [1.165, 1.54) is 19.2 Å². The number of halogens is 1. The normalized spacial score (nSPS) is 14.1. The molecule has 8 heteroatoms. The van der Waals surface area contributed by atoms with E-state index in [4.69, 9.17) is 4.74 Å². The summed E-state index contributed by atoms with van der Waals surface area (Å²) in [7, 11) is 1.41. The summed E-state index contributed by atoms with van der Waals surface area (Å²) in [5.41, 5.74) is 1.39. The van der Waals surface area contributed by atoms with E-state index in [0.717, 1.165) is 5.56 Å². The number of para-hydroxylation sites is 2. The second kappa shape index (κ2) is 8.69. The molecule has 148 valence electrons. The molecule has 28 heavy (non-hydrogen) atoms. The van der Waals surface area contributed by atoms with Crippen LogP contribution in [0.3, 0.4) is 0 Å². The molecule has 0 aromatic heterocycles. The summed E-state index contributed by atoms with van der Waals surface area (Å²) in [5, 5.41) is 11.2. The predicted octanol–water partition coefficient (Wildman–Crippen LogP) is 3.02. The van der Waals surface area contributed by atoms with Crippen LogP contribution in [0.1, 0.15) is 12.0 Å². The van der Waals surface area contributed by atoms with Crippen molar-refractivity contribution in [2.45, 2.75) is 12.8 Å². The van der Waals surface area contributed by atoms with Crippen molar-refractivity contribution in [1.82, 2.24) is 4.90 Å². The molecular formula is C20H22FN3O4. The van der Waals surface area contributed by atoms with Crippen LogP contribution in [0.2, 0.25) is 0 Å². The molecule has 1 aliphatic rings. The molecule has 0 unspecified atom stereocenters. The number of carbonyl (C=O) groups excluding carboxylic acids is 1. The number of nitrogens with zero attached hydrogens (tertiary/aromatic N) is 3. The van der Waals surface area contributed by atoms with Gasteiger partial charge in [0.1, 0.15) is 5.69 Å². The van der Waals surface area contributed by atoms with E-state index in [9.17, 15) is 19.3 Å². The topological polar surface area (TPSA) is 75.9 Å². The molecule has 3 rings (SSSR count). The molecule has 1 heterocycles. The SMILES string of the molecule is COc1ccc(CCC(=O)N2CCN(c3ccccc3[N+](=O)[O-])CC2)cc1F. The second-order valence-electron chi connectivity index (χ2n) is 6.58. The van der Waals surface area contributed by atoms with Gasteiger partial charge >= 0.3 is 0 Å². The number of aryl methyl sites for hydroxylation is 1. The lowest BCUT2D eigenvalue weighted by molar-refractivity contribution is -0.384. The van der Waals surface area contributed by atoms with E-state index in [0.29, 0.717) is 38.3 Å². The van der Waals surface area contributed by atoms with Crippen molar-refractivity contribution in [3.05, 3.63) is 64.0 Å². The first-order chi connectivity index (χ1) is 13.5. The lowest BCUT2D eigenvalue weighted by Gasteiger charge is -2.35. The van der Waals surface area contributed by atoms with Crippen LogP contribution >= 0.6 is 0 Å². The van der Waals surface area contributed by atoms with E-state index in [-0.39, 0.29) is 28.7 Å². The Morgan fingerprint density at radius 2 is 1.89 bits per heavy atom. The van der Waals surface area contributed by atoms with Gasteiger partial charge in [-0.05, 0) is 30.2 Å². The summed E-state index contributed by atoms with van der Waals surface area (Å²) in [6.07, 6.45) is 0.737. The van der Waals surface area contributed by atoms with Gasteiger partial charge in [-0.3, -0.25) is 14.9 Å². The largest absolute Gasteiger partial charge is 0.494 e. The zero-order valence-electron chi connectivity index (χ0n) is 15.6. The maximum atomic E-state index is 13.7. The number of carbonyl (C=O) groups is 1. The second-order valence-corrected chi connectivity index (χ2v) is 6.58. The van der Waals surface area contributed by atoms with Crippen LogP contribution in [0.5, 0.6) is 5.75 Å². The van der Waals surface area contributed by atoms with Crippen LogP contribution in [0.25, 0.3) is 0 Å². The van der Waals surface area contributed by atoms with Crippen LogP contribution in [0.4, 0.5) is 15.8 Å². The molecule has 0 bridgehead atoms. The Morgan fingerprint density at radius 1 is 1.18 bits per heavy atom. The first kappa shape index (κ1) is 19.6. The van der Waals surface area contributed by atoms with Crippen molar-refractivity contribution >= 4 is 17.3 Å². The fraction of sp³-hybridized carbons (Fsp3) is 0.350. The molecule has 0 spiro atoms. The molecule has 0 radical (unpaired) electrons. The zero-order valence-corrected chi connectivity index (χ0v) is 15.6. The molecule has 0 aliphatic carbocycles. The molecule has 2 aromatic carbocycles. The average molecular weight is 387 g/mol. The molecule has 0 N–H and O–H groups in total. The highest BCUT2D eigenvalue weighted by Crippen LogP contribution is 2.28. The number of piperazine rings is 1. The van der Waals surface area contributed by atoms with Crippen LogP contribution in [0.15, 0.2) is 42.5 Å². The Kier molecular flexibility index (Phi) is 6.08. The monoisotopic (exact) mass is 387 g/mol. The molecule has 0 saturated carbocycles. The third-order valence-corrected chi connectivity index (χ3v) is 4.90. The minimum absolute atomic E-state index is 0.00145. The van der Waals surface area contributed by atoms with E-state index in [2.05, 4.69) is 0 Å². The number of hydrogen-bond acceptors (Lipinski definition) is 5. The number of hydrogen-bond donors (Lipinski definition) is 0. The summed E-state index contributed by atoms with van der Waals surface area (Å²) in [6, 6.07) is 11.3. The first-order valence-corrected chi connectivity index (χ1v) is 9.08. The number of benzene rings is 2. The number of nitro benzene ring substituents is 1. The van der Waals surface area contributed by atoms with Crippen LogP contribution in [-0.4, -0.2) is 49.0 Å².